The van der Waals surface area contributed by atoms with E-state index in [0.717, 1.165) is 0 Å². The zero-order chi connectivity index (χ0) is 25.4. The quantitative estimate of drug-likeness (QED) is 0.361. The number of aromatic nitrogens is 3. The number of benzene rings is 3. The van der Waals surface area contributed by atoms with Crippen LogP contribution < -0.4 is 25.3 Å². The van der Waals surface area contributed by atoms with E-state index in [4.69, 9.17) is 24.9 Å². The van der Waals surface area contributed by atoms with Crippen molar-refractivity contribution in [1.82, 2.24) is 14.5 Å². The average molecular weight is 487 g/mol. The third-order valence-electron chi connectivity index (χ3n) is 5.71. The number of nitrogens with zero attached hydrogens (tertiary/aromatic N) is 3. The molecule has 9 nitrogen and oxygen atoms in total. The molecule has 1 amide bonds. The number of hydrogen-bond acceptors (Lipinski definition) is 7. The van der Waals surface area contributed by atoms with Crippen molar-refractivity contribution < 1.29 is 23.4 Å². The molecule has 0 atom stereocenters. The van der Waals surface area contributed by atoms with Gasteiger partial charge in [0.05, 0.1) is 38.1 Å². The van der Waals surface area contributed by atoms with Gasteiger partial charge >= 0.3 is 0 Å². The van der Waals surface area contributed by atoms with E-state index in [9.17, 15) is 9.18 Å². The van der Waals surface area contributed by atoms with Crippen molar-refractivity contribution in [2.75, 3.05) is 32.4 Å². The van der Waals surface area contributed by atoms with Gasteiger partial charge in [-0.05, 0) is 30.3 Å². The molecule has 10 heteroatoms. The molecule has 3 aromatic carbocycles. The number of nitrogens with one attached hydrogen (secondary N) is 1. The predicted molar refractivity (Wildman–Crippen MR) is 135 cm³/mol. The normalized spacial score (nSPS) is 11.0. The fourth-order valence-corrected chi connectivity index (χ4v) is 4.11. The number of methoxy groups -OCH3 is 3. The largest absolute Gasteiger partial charge is 0.493 e. The first-order valence-corrected chi connectivity index (χ1v) is 10.9. The van der Waals surface area contributed by atoms with Crippen LogP contribution in [0.1, 0.15) is 10.4 Å². The van der Waals surface area contributed by atoms with E-state index in [-0.39, 0.29) is 16.9 Å². The molecule has 0 radical (unpaired) electrons. The zero-order valence-corrected chi connectivity index (χ0v) is 19.7. The third kappa shape index (κ3) is 3.78. The van der Waals surface area contributed by atoms with E-state index in [2.05, 4.69) is 10.3 Å². The van der Waals surface area contributed by atoms with Gasteiger partial charge in [-0.2, -0.15) is 0 Å². The fourth-order valence-electron chi connectivity index (χ4n) is 4.11. The first-order chi connectivity index (χ1) is 17.4. The minimum Gasteiger partial charge on any atom is -0.493 e. The van der Waals surface area contributed by atoms with Gasteiger partial charge in [0.1, 0.15) is 22.7 Å². The highest BCUT2D eigenvalue weighted by Crippen LogP contribution is 2.40. The van der Waals surface area contributed by atoms with Crippen molar-refractivity contribution in [3.8, 4) is 22.9 Å². The Morgan fingerprint density at radius 3 is 2.19 bits per heavy atom. The average Bonchev–Trinajstić information content (AvgIpc) is 3.17. The molecule has 0 aliphatic rings. The lowest BCUT2D eigenvalue weighted by atomic mass is 10.2. The van der Waals surface area contributed by atoms with Gasteiger partial charge in [-0.15, -0.1) is 0 Å². The molecule has 0 bridgehead atoms. The van der Waals surface area contributed by atoms with E-state index in [1.165, 1.54) is 38.0 Å². The van der Waals surface area contributed by atoms with Crippen LogP contribution >= 0.6 is 0 Å². The first kappa shape index (κ1) is 22.9. The van der Waals surface area contributed by atoms with Crippen LogP contribution in [0.4, 0.5) is 15.9 Å². The molecule has 182 valence electrons. The summed E-state index contributed by atoms with van der Waals surface area (Å²) in [5.41, 5.74) is 9.19. The Hall–Kier alpha value is -4.86. The second-order valence-electron chi connectivity index (χ2n) is 7.83. The lowest BCUT2D eigenvalue weighted by Gasteiger charge is -2.14. The number of nitrogen functional groups attached to an aromatic ring is 1. The molecular formula is C26H22FN5O4. The maximum atomic E-state index is 14.1. The van der Waals surface area contributed by atoms with Gasteiger partial charge in [-0.3, -0.25) is 9.36 Å². The number of rotatable bonds is 6. The van der Waals surface area contributed by atoms with Crippen molar-refractivity contribution in [2.45, 2.75) is 0 Å². The summed E-state index contributed by atoms with van der Waals surface area (Å²) in [6.45, 7) is 0. The SMILES string of the molecule is COc1cc(NC(=O)c2c(N)n(-c3cccc(F)c3)c3nc4ccccc4nc23)cc(OC)c1OC. The number of carbonyl (C=O) groups is 1. The molecule has 0 fully saturated rings. The highest BCUT2D eigenvalue weighted by molar-refractivity contribution is 6.16. The maximum absolute atomic E-state index is 14.1. The lowest BCUT2D eigenvalue weighted by Crippen LogP contribution is -2.15. The second kappa shape index (κ2) is 9.06. The van der Waals surface area contributed by atoms with Gasteiger partial charge in [0.25, 0.3) is 5.91 Å². The third-order valence-corrected chi connectivity index (χ3v) is 5.71. The highest BCUT2D eigenvalue weighted by Gasteiger charge is 2.26. The first-order valence-electron chi connectivity index (χ1n) is 10.9. The Balaban J connectivity index is 1.70. The summed E-state index contributed by atoms with van der Waals surface area (Å²) in [6.07, 6.45) is 0. The molecule has 0 aliphatic carbocycles. The standard InChI is InChI=1S/C26H22FN5O4/c1-34-19-12-15(13-20(35-2)23(19)36-3)29-26(33)21-22-25(31-18-10-5-4-9-17(18)30-22)32(24(21)28)16-8-6-7-14(27)11-16/h4-13H,28H2,1-3H3,(H,29,33). The molecule has 3 N–H and O–H groups in total. The molecule has 5 rings (SSSR count). The minimum absolute atomic E-state index is 0.0656. The number of fused-ring (bicyclic) bond motifs is 2. The molecular weight excluding hydrogens is 465 g/mol. The number of ether oxygens (including phenoxy) is 3. The molecule has 0 aliphatic heterocycles. The van der Waals surface area contributed by atoms with E-state index in [0.29, 0.717) is 45.3 Å². The molecule has 2 heterocycles. The molecule has 5 aromatic rings. The summed E-state index contributed by atoms with van der Waals surface area (Å²) in [7, 11) is 4.45. The summed E-state index contributed by atoms with van der Waals surface area (Å²) in [4.78, 5) is 23.0. The van der Waals surface area contributed by atoms with Gasteiger partial charge in [-0.1, -0.05) is 18.2 Å². The number of anilines is 2. The topological polar surface area (TPSA) is 114 Å². The van der Waals surface area contributed by atoms with Crippen molar-refractivity contribution in [3.05, 3.63) is 72.0 Å². The summed E-state index contributed by atoms with van der Waals surface area (Å²) < 4.78 is 31.7. The summed E-state index contributed by atoms with van der Waals surface area (Å²) >= 11 is 0. The van der Waals surface area contributed by atoms with E-state index in [1.807, 2.05) is 12.1 Å². The van der Waals surface area contributed by atoms with Crippen LogP contribution in [0.25, 0.3) is 27.9 Å². The van der Waals surface area contributed by atoms with Crippen LogP contribution in [0.5, 0.6) is 17.2 Å². The molecule has 0 saturated carbocycles. The van der Waals surface area contributed by atoms with Crippen LogP contribution in [0.2, 0.25) is 0 Å². The van der Waals surface area contributed by atoms with E-state index < -0.39 is 11.7 Å². The number of amides is 1. The van der Waals surface area contributed by atoms with Gasteiger partial charge in [0.2, 0.25) is 5.75 Å². The molecule has 0 spiro atoms. The minimum atomic E-state index is -0.536. The van der Waals surface area contributed by atoms with E-state index >= 15 is 0 Å². The van der Waals surface area contributed by atoms with Crippen molar-refractivity contribution in [1.29, 1.82) is 0 Å². The van der Waals surface area contributed by atoms with Gasteiger partial charge < -0.3 is 25.3 Å². The highest BCUT2D eigenvalue weighted by atomic mass is 19.1. The Morgan fingerprint density at radius 1 is 0.917 bits per heavy atom. The number of carbonyl (C=O) groups excluding carboxylic acids is 1. The van der Waals surface area contributed by atoms with Crippen molar-refractivity contribution in [2.24, 2.45) is 0 Å². The summed E-state index contributed by atoms with van der Waals surface area (Å²) in [6, 6.07) is 16.3. The van der Waals surface area contributed by atoms with Crippen LogP contribution in [0, 0.1) is 5.82 Å². The maximum Gasteiger partial charge on any atom is 0.261 e. The molecule has 0 saturated heterocycles. The lowest BCUT2D eigenvalue weighted by molar-refractivity contribution is 0.102. The van der Waals surface area contributed by atoms with Crippen molar-refractivity contribution in [3.63, 3.8) is 0 Å². The number of para-hydroxylation sites is 2. The van der Waals surface area contributed by atoms with Crippen LogP contribution in [0.3, 0.4) is 0 Å². The second-order valence-corrected chi connectivity index (χ2v) is 7.83. The fraction of sp³-hybridized carbons (Fsp3) is 0.115. The molecule has 0 unspecified atom stereocenters. The van der Waals surface area contributed by atoms with Crippen LogP contribution in [-0.2, 0) is 0 Å². The van der Waals surface area contributed by atoms with Gasteiger partial charge in [0.15, 0.2) is 17.1 Å². The Bertz CT molecular complexity index is 1610. The summed E-state index contributed by atoms with van der Waals surface area (Å²) in [5.74, 6) is 0.201. The van der Waals surface area contributed by atoms with Crippen molar-refractivity contribution >= 4 is 39.6 Å². The van der Waals surface area contributed by atoms with Crippen LogP contribution in [0.15, 0.2) is 60.7 Å². The van der Waals surface area contributed by atoms with Gasteiger partial charge in [0, 0.05) is 17.8 Å². The number of hydrogen-bond donors (Lipinski definition) is 2. The number of halogens is 1. The predicted octanol–water partition coefficient (Wildman–Crippen LogP) is 4.57. The Kier molecular flexibility index (Phi) is 5.77. The number of nitrogens with two attached hydrogens (primary N) is 1. The monoisotopic (exact) mass is 487 g/mol. The smallest absolute Gasteiger partial charge is 0.261 e. The summed E-state index contributed by atoms with van der Waals surface area (Å²) in [5, 5.41) is 2.83. The van der Waals surface area contributed by atoms with Crippen LogP contribution in [-0.4, -0.2) is 41.8 Å². The Labute approximate surface area is 205 Å². The van der Waals surface area contributed by atoms with Gasteiger partial charge in [-0.25, -0.2) is 14.4 Å². The molecule has 2 aromatic heterocycles. The zero-order valence-electron chi connectivity index (χ0n) is 19.7. The molecule has 36 heavy (non-hydrogen) atoms. The van der Waals surface area contributed by atoms with E-state index in [1.54, 1.807) is 36.4 Å². The Morgan fingerprint density at radius 2 is 1.58 bits per heavy atom.